The molecule has 0 N–H and O–H groups in total. The summed E-state index contributed by atoms with van der Waals surface area (Å²) in [5.74, 6) is 0.000371. The van der Waals surface area contributed by atoms with Crippen LogP contribution in [-0.4, -0.2) is 34.5 Å². The summed E-state index contributed by atoms with van der Waals surface area (Å²) in [7, 11) is 0. The monoisotopic (exact) mass is 368 g/mol. The molecule has 0 radical (unpaired) electrons. The zero-order valence-corrected chi connectivity index (χ0v) is 13.9. The second-order valence-electron chi connectivity index (χ2n) is 5.48. The number of carbonyl (C=O) groups excluding carboxylic acids is 1. The molecule has 0 bridgehead atoms. The lowest BCUT2D eigenvalue weighted by Gasteiger charge is -2.24. The molecule has 0 aliphatic carbocycles. The molecule has 2 aromatic rings. The average Bonchev–Trinajstić information content (AvgIpc) is 2.93. The van der Waals surface area contributed by atoms with Crippen molar-refractivity contribution in [3.8, 4) is 5.75 Å². The first-order chi connectivity index (χ1) is 11.9. The predicted molar refractivity (Wildman–Crippen MR) is 88.0 cm³/mol. The van der Waals surface area contributed by atoms with E-state index in [0.29, 0.717) is 24.3 Å². The molecule has 0 saturated carbocycles. The third kappa shape index (κ3) is 4.66. The van der Waals surface area contributed by atoms with Gasteiger partial charge in [-0.1, -0.05) is 18.2 Å². The fraction of sp³-hybridized carbons (Fsp3) is 0.294. The van der Waals surface area contributed by atoms with E-state index in [-0.39, 0.29) is 17.0 Å². The van der Waals surface area contributed by atoms with Crippen LogP contribution in [0.3, 0.4) is 0 Å². The molecule has 0 spiro atoms. The number of rotatable bonds is 5. The highest BCUT2D eigenvalue weighted by Crippen LogP contribution is 2.40. The summed E-state index contributed by atoms with van der Waals surface area (Å²) >= 11 is 1.40. The standard InChI is InChI=1S/C17H15F3N2O2S/c18-17(19,20)24-14-5-1-4-13(9-14)16-22(15(23)11-25-16)8-6-12-3-2-7-21-10-12/h1-5,7,9-10,16H,6,8,11H2. The Hall–Kier alpha value is -2.22. The van der Waals surface area contributed by atoms with Crippen molar-refractivity contribution in [2.75, 3.05) is 12.3 Å². The summed E-state index contributed by atoms with van der Waals surface area (Å²) in [6.07, 6.45) is -0.692. The van der Waals surface area contributed by atoms with E-state index in [0.717, 1.165) is 5.56 Å². The predicted octanol–water partition coefficient (Wildman–Crippen LogP) is 3.80. The van der Waals surface area contributed by atoms with Crippen molar-refractivity contribution in [2.45, 2.75) is 18.2 Å². The van der Waals surface area contributed by atoms with Gasteiger partial charge < -0.3 is 9.64 Å². The Bertz CT molecular complexity index is 740. The number of carbonyl (C=O) groups is 1. The molecular formula is C17H15F3N2O2S. The molecule has 1 fully saturated rings. The van der Waals surface area contributed by atoms with Gasteiger partial charge in [0.25, 0.3) is 0 Å². The molecule has 1 atom stereocenters. The van der Waals surface area contributed by atoms with Crippen molar-refractivity contribution in [3.63, 3.8) is 0 Å². The van der Waals surface area contributed by atoms with E-state index in [9.17, 15) is 18.0 Å². The van der Waals surface area contributed by atoms with Crippen LogP contribution in [0, 0.1) is 0 Å². The van der Waals surface area contributed by atoms with E-state index < -0.39 is 6.36 Å². The fourth-order valence-corrected chi connectivity index (χ4v) is 3.84. The Morgan fingerprint density at radius 3 is 2.84 bits per heavy atom. The lowest BCUT2D eigenvalue weighted by atomic mass is 10.1. The lowest BCUT2D eigenvalue weighted by Crippen LogP contribution is -2.30. The molecule has 1 aromatic carbocycles. The third-order valence-corrected chi connectivity index (χ3v) is 4.97. The highest BCUT2D eigenvalue weighted by molar-refractivity contribution is 8.00. The first-order valence-electron chi connectivity index (χ1n) is 7.58. The second kappa shape index (κ2) is 7.35. The number of halogens is 3. The van der Waals surface area contributed by atoms with Gasteiger partial charge in [-0.2, -0.15) is 0 Å². The van der Waals surface area contributed by atoms with Crippen LogP contribution in [0.5, 0.6) is 5.75 Å². The maximum atomic E-state index is 12.4. The van der Waals surface area contributed by atoms with Gasteiger partial charge in [0.2, 0.25) is 5.91 Å². The quantitative estimate of drug-likeness (QED) is 0.805. The van der Waals surface area contributed by atoms with Crippen LogP contribution in [0.25, 0.3) is 0 Å². The normalized spacial score (nSPS) is 17.8. The van der Waals surface area contributed by atoms with E-state index in [2.05, 4.69) is 9.72 Å². The van der Waals surface area contributed by atoms with Gasteiger partial charge >= 0.3 is 6.36 Å². The van der Waals surface area contributed by atoms with Crippen molar-refractivity contribution >= 4 is 17.7 Å². The molecule has 2 heterocycles. The number of aromatic nitrogens is 1. The van der Waals surface area contributed by atoms with Crippen LogP contribution in [0.1, 0.15) is 16.5 Å². The fourth-order valence-electron chi connectivity index (χ4n) is 2.63. The molecule has 4 nitrogen and oxygen atoms in total. The van der Waals surface area contributed by atoms with Crippen molar-refractivity contribution in [2.24, 2.45) is 0 Å². The maximum Gasteiger partial charge on any atom is 0.573 e. The summed E-state index contributed by atoms with van der Waals surface area (Å²) in [6, 6.07) is 9.54. The summed E-state index contributed by atoms with van der Waals surface area (Å²) < 4.78 is 41.2. The minimum absolute atomic E-state index is 0.0268. The van der Waals surface area contributed by atoms with Gasteiger partial charge in [-0.25, -0.2) is 0 Å². The number of amides is 1. The minimum Gasteiger partial charge on any atom is -0.406 e. The van der Waals surface area contributed by atoms with Crippen LogP contribution >= 0.6 is 11.8 Å². The largest absolute Gasteiger partial charge is 0.573 e. The number of nitrogens with zero attached hydrogens (tertiary/aromatic N) is 2. The highest BCUT2D eigenvalue weighted by atomic mass is 32.2. The molecule has 1 saturated heterocycles. The van der Waals surface area contributed by atoms with E-state index in [1.807, 2.05) is 12.1 Å². The number of ether oxygens (including phenoxy) is 1. The zero-order valence-electron chi connectivity index (χ0n) is 13.1. The number of hydrogen-bond donors (Lipinski definition) is 0. The number of benzene rings is 1. The molecule has 132 valence electrons. The van der Waals surface area contributed by atoms with Gasteiger partial charge in [-0.05, 0) is 35.7 Å². The summed E-state index contributed by atoms with van der Waals surface area (Å²) in [4.78, 5) is 17.9. The lowest BCUT2D eigenvalue weighted by molar-refractivity contribution is -0.274. The molecule has 1 aliphatic heterocycles. The van der Waals surface area contributed by atoms with Crippen molar-refractivity contribution in [1.29, 1.82) is 0 Å². The van der Waals surface area contributed by atoms with Gasteiger partial charge in [0, 0.05) is 18.9 Å². The first-order valence-corrected chi connectivity index (χ1v) is 8.63. The highest BCUT2D eigenvalue weighted by Gasteiger charge is 2.34. The molecule has 1 aliphatic rings. The molecule has 8 heteroatoms. The van der Waals surface area contributed by atoms with Crippen molar-refractivity contribution in [1.82, 2.24) is 9.88 Å². The molecule has 25 heavy (non-hydrogen) atoms. The Balaban J connectivity index is 1.74. The molecule has 3 rings (SSSR count). The average molecular weight is 368 g/mol. The van der Waals surface area contributed by atoms with Crippen LogP contribution in [-0.2, 0) is 11.2 Å². The Morgan fingerprint density at radius 1 is 1.28 bits per heavy atom. The van der Waals surface area contributed by atoms with E-state index in [1.165, 1.54) is 30.0 Å². The number of thioether (sulfide) groups is 1. The Kier molecular flexibility index (Phi) is 5.17. The van der Waals surface area contributed by atoms with Crippen molar-refractivity contribution in [3.05, 3.63) is 59.9 Å². The van der Waals surface area contributed by atoms with Gasteiger partial charge in [0.1, 0.15) is 11.1 Å². The molecule has 1 unspecified atom stereocenters. The molecule has 1 aromatic heterocycles. The maximum absolute atomic E-state index is 12.4. The number of pyridine rings is 1. The van der Waals surface area contributed by atoms with Crippen LogP contribution in [0.15, 0.2) is 48.8 Å². The van der Waals surface area contributed by atoms with Crippen LogP contribution < -0.4 is 4.74 Å². The summed E-state index contributed by atoms with van der Waals surface area (Å²) in [5.41, 5.74) is 1.61. The Labute approximate surface area is 147 Å². The Morgan fingerprint density at radius 2 is 2.12 bits per heavy atom. The summed E-state index contributed by atoms with van der Waals surface area (Å²) in [5, 5.41) is -0.319. The smallest absolute Gasteiger partial charge is 0.406 e. The van der Waals surface area contributed by atoms with E-state index in [1.54, 1.807) is 23.4 Å². The topological polar surface area (TPSA) is 42.4 Å². The van der Waals surface area contributed by atoms with Crippen LogP contribution in [0.4, 0.5) is 13.2 Å². The summed E-state index contributed by atoms with van der Waals surface area (Å²) in [6.45, 7) is 0.479. The van der Waals surface area contributed by atoms with E-state index >= 15 is 0 Å². The first kappa shape index (κ1) is 17.6. The van der Waals surface area contributed by atoms with Gasteiger partial charge in [0.05, 0.1) is 5.75 Å². The van der Waals surface area contributed by atoms with Gasteiger partial charge in [-0.3, -0.25) is 9.78 Å². The second-order valence-corrected chi connectivity index (χ2v) is 6.55. The van der Waals surface area contributed by atoms with Crippen LogP contribution in [0.2, 0.25) is 0 Å². The zero-order chi connectivity index (χ0) is 17.9. The molecule has 1 amide bonds. The minimum atomic E-state index is -4.74. The molecular weight excluding hydrogens is 353 g/mol. The number of alkyl halides is 3. The van der Waals surface area contributed by atoms with Gasteiger partial charge in [0.15, 0.2) is 0 Å². The SMILES string of the molecule is O=C1CSC(c2cccc(OC(F)(F)F)c2)N1CCc1cccnc1. The third-order valence-electron chi connectivity index (χ3n) is 3.71. The number of hydrogen-bond acceptors (Lipinski definition) is 4. The van der Waals surface area contributed by atoms with E-state index in [4.69, 9.17) is 0 Å². The van der Waals surface area contributed by atoms with Crippen molar-refractivity contribution < 1.29 is 22.7 Å². The van der Waals surface area contributed by atoms with Gasteiger partial charge in [-0.15, -0.1) is 24.9 Å².